The number of benzene rings is 4. The van der Waals surface area contributed by atoms with Crippen molar-refractivity contribution in [1.82, 2.24) is 0 Å². The molecule has 34 heavy (non-hydrogen) atoms. The molecule has 0 radical (unpaired) electrons. The highest BCUT2D eigenvalue weighted by Gasteiger charge is 2.18. The fraction of sp³-hybridized carbons (Fsp3) is 0.0741. The fourth-order valence-corrected chi connectivity index (χ4v) is 5.36. The van der Waals surface area contributed by atoms with E-state index in [2.05, 4.69) is 41.1 Å². The molecular weight excluding hydrogens is 466 g/mol. The molecule has 0 atom stereocenters. The van der Waals surface area contributed by atoms with E-state index in [1.165, 1.54) is 34.9 Å². The van der Waals surface area contributed by atoms with Gasteiger partial charge in [0, 0.05) is 16.3 Å². The minimum absolute atomic E-state index is 0.0357. The van der Waals surface area contributed by atoms with Gasteiger partial charge < -0.3 is 5.11 Å². The summed E-state index contributed by atoms with van der Waals surface area (Å²) >= 11 is 1.66. The zero-order valence-electron chi connectivity index (χ0n) is 18.4. The topological polar surface area (TPSA) is 83.5 Å². The molecule has 0 unspecified atom stereocenters. The molecule has 0 fully saturated rings. The van der Waals surface area contributed by atoms with Gasteiger partial charge in [0.25, 0.3) is 10.0 Å². The van der Waals surface area contributed by atoms with Crippen molar-refractivity contribution in [3.05, 3.63) is 114 Å². The Balaban J connectivity index is 1.39. The molecule has 0 aliphatic carbocycles. The van der Waals surface area contributed by atoms with E-state index in [0.717, 1.165) is 10.6 Å². The summed E-state index contributed by atoms with van der Waals surface area (Å²) in [4.78, 5) is 12.2. The van der Waals surface area contributed by atoms with Gasteiger partial charge in [-0.15, -0.1) is 11.8 Å². The molecule has 0 aliphatic heterocycles. The van der Waals surface area contributed by atoms with Crippen LogP contribution >= 0.6 is 11.8 Å². The molecular formula is C27H23NO4S2. The molecule has 0 saturated carbocycles. The molecule has 5 nitrogen and oxygen atoms in total. The van der Waals surface area contributed by atoms with Crippen molar-refractivity contribution < 1.29 is 18.3 Å². The second kappa shape index (κ2) is 10.2. The van der Waals surface area contributed by atoms with Crippen molar-refractivity contribution >= 4 is 33.4 Å². The van der Waals surface area contributed by atoms with E-state index in [-0.39, 0.29) is 10.5 Å². The van der Waals surface area contributed by atoms with Crippen LogP contribution in [0.4, 0.5) is 5.69 Å². The third-order valence-electron chi connectivity index (χ3n) is 5.32. The second-order valence-electron chi connectivity index (χ2n) is 7.76. The number of anilines is 1. The number of sulfonamides is 1. The molecule has 172 valence electrons. The van der Waals surface area contributed by atoms with Crippen LogP contribution in [0.1, 0.15) is 21.5 Å². The van der Waals surface area contributed by atoms with E-state index >= 15 is 0 Å². The molecule has 0 saturated heterocycles. The normalized spacial score (nSPS) is 11.2. The van der Waals surface area contributed by atoms with Gasteiger partial charge in [-0.2, -0.15) is 0 Å². The number of nitrogens with one attached hydrogen (secondary N) is 1. The Morgan fingerprint density at radius 3 is 2.15 bits per heavy atom. The summed E-state index contributed by atoms with van der Waals surface area (Å²) in [5.41, 5.74) is 4.44. The van der Waals surface area contributed by atoms with Crippen LogP contribution < -0.4 is 4.72 Å². The predicted molar refractivity (Wildman–Crippen MR) is 137 cm³/mol. The summed E-state index contributed by atoms with van der Waals surface area (Å²) in [6.45, 7) is 1.63. The number of aryl methyl sites for hydroxylation is 1. The average molecular weight is 490 g/mol. The van der Waals surface area contributed by atoms with E-state index < -0.39 is 16.0 Å². The lowest BCUT2D eigenvalue weighted by Crippen LogP contribution is -2.14. The molecule has 4 rings (SSSR count). The number of thioether (sulfide) groups is 1. The number of carboxylic acid groups (broad SMARTS) is 1. The van der Waals surface area contributed by atoms with Crippen molar-refractivity contribution in [2.75, 3.05) is 4.72 Å². The molecule has 4 aromatic rings. The van der Waals surface area contributed by atoms with Crippen LogP contribution in [0, 0.1) is 6.92 Å². The molecule has 7 heteroatoms. The van der Waals surface area contributed by atoms with Gasteiger partial charge in [0.15, 0.2) is 0 Å². The van der Waals surface area contributed by atoms with Gasteiger partial charge in [0.1, 0.15) is 0 Å². The molecule has 0 aromatic heterocycles. The SMILES string of the molecule is Cc1ccc(S(=O)(=O)Nc2ccc(SCc3ccc(-c4ccccc4)cc3)cc2)cc1C(=O)O. The molecule has 0 aliphatic rings. The first kappa shape index (κ1) is 23.6. The summed E-state index contributed by atoms with van der Waals surface area (Å²) in [5.74, 6) is -0.368. The largest absolute Gasteiger partial charge is 0.478 e. The maximum absolute atomic E-state index is 12.7. The van der Waals surface area contributed by atoms with E-state index in [0.29, 0.717) is 11.3 Å². The van der Waals surface area contributed by atoms with Crippen molar-refractivity contribution in [3.8, 4) is 11.1 Å². The summed E-state index contributed by atoms with van der Waals surface area (Å²) in [5, 5.41) is 9.26. The smallest absolute Gasteiger partial charge is 0.335 e. The van der Waals surface area contributed by atoms with E-state index in [9.17, 15) is 18.3 Å². The highest BCUT2D eigenvalue weighted by molar-refractivity contribution is 7.98. The summed E-state index contributed by atoms with van der Waals surface area (Å²) in [6.07, 6.45) is 0. The van der Waals surface area contributed by atoms with Crippen LogP contribution in [-0.2, 0) is 15.8 Å². The minimum Gasteiger partial charge on any atom is -0.478 e. The van der Waals surface area contributed by atoms with Gasteiger partial charge >= 0.3 is 5.97 Å². The quantitative estimate of drug-likeness (QED) is 0.278. The number of carboxylic acids is 1. The zero-order valence-corrected chi connectivity index (χ0v) is 20.1. The van der Waals surface area contributed by atoms with Crippen LogP contribution in [0.25, 0.3) is 11.1 Å². The third kappa shape index (κ3) is 5.68. The summed E-state index contributed by atoms with van der Waals surface area (Å²) < 4.78 is 27.9. The fourth-order valence-electron chi connectivity index (χ4n) is 3.42. The first-order valence-corrected chi connectivity index (χ1v) is 13.0. The molecule has 0 amide bonds. The first-order chi connectivity index (χ1) is 16.3. The van der Waals surface area contributed by atoms with Gasteiger partial charge in [-0.1, -0.05) is 60.7 Å². The van der Waals surface area contributed by atoms with Crippen molar-refractivity contribution in [3.63, 3.8) is 0 Å². The monoisotopic (exact) mass is 489 g/mol. The number of hydrogen-bond acceptors (Lipinski definition) is 4. The highest BCUT2D eigenvalue weighted by Crippen LogP contribution is 2.27. The van der Waals surface area contributed by atoms with Crippen LogP contribution in [0.3, 0.4) is 0 Å². The molecule has 0 heterocycles. The van der Waals surface area contributed by atoms with E-state index in [1.54, 1.807) is 30.8 Å². The van der Waals surface area contributed by atoms with Gasteiger partial charge in [-0.3, -0.25) is 4.72 Å². The third-order valence-corrected chi connectivity index (χ3v) is 7.78. The predicted octanol–water partition coefficient (Wildman–Crippen LogP) is 6.45. The second-order valence-corrected chi connectivity index (χ2v) is 10.5. The Bertz CT molecular complexity index is 1400. The zero-order chi connectivity index (χ0) is 24.1. The first-order valence-electron chi connectivity index (χ1n) is 10.6. The standard InChI is InChI=1S/C27H23NO4S2/c1-19-7-16-25(17-26(19)27(29)30)34(31,32)28-23-12-14-24(15-13-23)33-18-20-8-10-22(11-9-20)21-5-3-2-4-6-21/h2-17,28H,18H2,1H3,(H,29,30). The van der Waals surface area contributed by atoms with Crippen molar-refractivity contribution in [2.45, 2.75) is 22.5 Å². The number of aromatic carboxylic acids is 1. The number of carbonyl (C=O) groups is 1. The molecule has 4 aromatic carbocycles. The Morgan fingerprint density at radius 1 is 0.853 bits per heavy atom. The van der Waals surface area contributed by atoms with E-state index in [1.807, 2.05) is 30.3 Å². The molecule has 0 spiro atoms. The van der Waals surface area contributed by atoms with Gasteiger partial charge in [0.2, 0.25) is 0 Å². The Kier molecular flexibility index (Phi) is 7.05. The Hall–Kier alpha value is -3.55. The van der Waals surface area contributed by atoms with Crippen LogP contribution in [0.15, 0.2) is 107 Å². The van der Waals surface area contributed by atoms with Crippen molar-refractivity contribution in [1.29, 1.82) is 0 Å². The lowest BCUT2D eigenvalue weighted by atomic mass is 10.0. The highest BCUT2D eigenvalue weighted by atomic mass is 32.2. The van der Waals surface area contributed by atoms with Crippen LogP contribution in [0.5, 0.6) is 0 Å². The average Bonchev–Trinajstić information content (AvgIpc) is 2.84. The summed E-state index contributed by atoms with van der Waals surface area (Å²) in [6, 6.07) is 29.9. The minimum atomic E-state index is -3.90. The Morgan fingerprint density at radius 2 is 1.50 bits per heavy atom. The van der Waals surface area contributed by atoms with Gasteiger partial charge in [0.05, 0.1) is 10.5 Å². The number of rotatable bonds is 8. The number of hydrogen-bond donors (Lipinski definition) is 2. The lowest BCUT2D eigenvalue weighted by Gasteiger charge is -2.10. The maximum atomic E-state index is 12.7. The van der Waals surface area contributed by atoms with E-state index in [4.69, 9.17) is 0 Å². The van der Waals surface area contributed by atoms with Gasteiger partial charge in [-0.25, -0.2) is 13.2 Å². The Labute approximate surface area is 203 Å². The van der Waals surface area contributed by atoms with Gasteiger partial charge in [-0.05, 0) is 65.6 Å². The van der Waals surface area contributed by atoms with Crippen molar-refractivity contribution in [2.24, 2.45) is 0 Å². The maximum Gasteiger partial charge on any atom is 0.335 e. The summed E-state index contributed by atoms with van der Waals surface area (Å²) in [7, 11) is -3.90. The lowest BCUT2D eigenvalue weighted by molar-refractivity contribution is 0.0696. The molecule has 0 bridgehead atoms. The van der Waals surface area contributed by atoms with Crippen LogP contribution in [0.2, 0.25) is 0 Å². The van der Waals surface area contributed by atoms with Crippen LogP contribution in [-0.4, -0.2) is 19.5 Å². The molecule has 2 N–H and O–H groups in total.